The first-order chi connectivity index (χ1) is 6.74. The van der Waals surface area contributed by atoms with Gasteiger partial charge in [0.1, 0.15) is 0 Å². The standard InChI is InChI=1S/C11H19Cl2N/c1-9(6-12)7-14-8-10-4-2-3-5-11(10)13/h6,10-11,14H,2-5,7-8H2,1H3. The highest BCUT2D eigenvalue weighted by molar-refractivity contribution is 6.25. The molecule has 1 rings (SSSR count). The van der Waals surface area contributed by atoms with Crippen LogP contribution < -0.4 is 5.32 Å². The lowest BCUT2D eigenvalue weighted by atomic mass is 9.89. The van der Waals surface area contributed by atoms with Crippen LogP contribution in [0.2, 0.25) is 0 Å². The molecular formula is C11H19Cl2N. The Kier molecular flexibility index (Phi) is 5.92. The van der Waals surface area contributed by atoms with Crippen LogP contribution in [0, 0.1) is 5.92 Å². The van der Waals surface area contributed by atoms with E-state index in [1.165, 1.54) is 31.3 Å². The Bertz CT molecular complexity index is 192. The molecule has 0 aromatic heterocycles. The summed E-state index contributed by atoms with van der Waals surface area (Å²) in [4.78, 5) is 0. The number of alkyl halides is 1. The second-order valence-corrected chi connectivity index (χ2v) is 4.93. The Balaban J connectivity index is 2.16. The van der Waals surface area contributed by atoms with E-state index in [1.54, 1.807) is 5.54 Å². The second-order valence-electron chi connectivity index (χ2n) is 4.15. The highest BCUT2D eigenvalue weighted by Gasteiger charge is 2.22. The Morgan fingerprint density at radius 3 is 2.79 bits per heavy atom. The highest BCUT2D eigenvalue weighted by atomic mass is 35.5. The first-order valence-electron chi connectivity index (χ1n) is 5.34. The molecule has 0 aromatic rings. The third-order valence-electron chi connectivity index (χ3n) is 2.81. The van der Waals surface area contributed by atoms with E-state index in [4.69, 9.17) is 23.2 Å². The predicted molar refractivity (Wildman–Crippen MR) is 64.1 cm³/mol. The molecule has 0 heterocycles. The van der Waals surface area contributed by atoms with E-state index >= 15 is 0 Å². The van der Waals surface area contributed by atoms with E-state index in [2.05, 4.69) is 5.32 Å². The van der Waals surface area contributed by atoms with E-state index in [9.17, 15) is 0 Å². The number of hydrogen-bond donors (Lipinski definition) is 1. The van der Waals surface area contributed by atoms with Crippen molar-refractivity contribution >= 4 is 23.2 Å². The van der Waals surface area contributed by atoms with Crippen LogP contribution in [0.1, 0.15) is 32.6 Å². The molecule has 0 aromatic carbocycles. The number of rotatable bonds is 4. The molecule has 2 atom stereocenters. The molecule has 0 bridgehead atoms. The summed E-state index contributed by atoms with van der Waals surface area (Å²) in [5.41, 5.74) is 2.81. The van der Waals surface area contributed by atoms with Crippen molar-refractivity contribution in [2.24, 2.45) is 5.92 Å². The maximum atomic E-state index is 6.25. The van der Waals surface area contributed by atoms with E-state index in [-0.39, 0.29) is 0 Å². The highest BCUT2D eigenvalue weighted by Crippen LogP contribution is 2.27. The summed E-state index contributed by atoms with van der Waals surface area (Å²) >= 11 is 11.8. The normalized spacial score (nSPS) is 29.2. The maximum absolute atomic E-state index is 6.25. The maximum Gasteiger partial charge on any atom is 0.0376 e. The number of halogens is 2. The fourth-order valence-corrected chi connectivity index (χ4v) is 2.33. The van der Waals surface area contributed by atoms with Crippen molar-refractivity contribution in [3.05, 3.63) is 11.1 Å². The fourth-order valence-electron chi connectivity index (χ4n) is 1.89. The lowest BCUT2D eigenvalue weighted by Gasteiger charge is -2.27. The van der Waals surface area contributed by atoms with Gasteiger partial charge in [-0.25, -0.2) is 0 Å². The first kappa shape index (κ1) is 12.4. The second kappa shape index (κ2) is 6.71. The van der Waals surface area contributed by atoms with Gasteiger partial charge < -0.3 is 5.32 Å². The van der Waals surface area contributed by atoms with Crippen LogP contribution in [-0.2, 0) is 0 Å². The summed E-state index contributed by atoms with van der Waals surface area (Å²) in [5.74, 6) is 0.647. The smallest absolute Gasteiger partial charge is 0.0376 e. The summed E-state index contributed by atoms with van der Waals surface area (Å²) in [6.07, 6.45) is 5.08. The molecule has 1 saturated carbocycles. The quantitative estimate of drug-likeness (QED) is 0.736. The fraction of sp³-hybridized carbons (Fsp3) is 0.818. The molecule has 3 heteroatoms. The van der Waals surface area contributed by atoms with Crippen molar-refractivity contribution in [3.8, 4) is 0 Å². The zero-order valence-corrected chi connectivity index (χ0v) is 10.2. The lowest BCUT2D eigenvalue weighted by Crippen LogP contribution is -2.31. The Hall–Kier alpha value is 0.280. The van der Waals surface area contributed by atoms with Gasteiger partial charge in [-0.3, -0.25) is 0 Å². The van der Waals surface area contributed by atoms with E-state index < -0.39 is 0 Å². The van der Waals surface area contributed by atoms with Gasteiger partial charge in [-0.05, 0) is 37.8 Å². The molecule has 0 aliphatic heterocycles. The third-order valence-corrected chi connectivity index (χ3v) is 3.76. The zero-order valence-electron chi connectivity index (χ0n) is 8.73. The van der Waals surface area contributed by atoms with E-state index in [1.807, 2.05) is 6.92 Å². The minimum absolute atomic E-state index is 0.372. The molecule has 0 amide bonds. The average Bonchev–Trinajstić information content (AvgIpc) is 2.20. The van der Waals surface area contributed by atoms with Crippen LogP contribution in [0.15, 0.2) is 11.1 Å². The van der Waals surface area contributed by atoms with Crippen LogP contribution in [0.4, 0.5) is 0 Å². The summed E-state index contributed by atoms with van der Waals surface area (Å²) in [6, 6.07) is 0. The van der Waals surface area contributed by atoms with Crippen molar-refractivity contribution in [2.45, 2.75) is 38.0 Å². The van der Waals surface area contributed by atoms with Gasteiger partial charge in [0.15, 0.2) is 0 Å². The van der Waals surface area contributed by atoms with Crippen LogP contribution >= 0.6 is 23.2 Å². The minimum atomic E-state index is 0.372. The Labute approximate surface area is 96.8 Å². The van der Waals surface area contributed by atoms with Crippen molar-refractivity contribution in [2.75, 3.05) is 13.1 Å². The van der Waals surface area contributed by atoms with Crippen molar-refractivity contribution < 1.29 is 0 Å². The predicted octanol–water partition coefficient (Wildman–Crippen LogP) is 3.52. The Morgan fingerprint density at radius 2 is 2.14 bits per heavy atom. The van der Waals surface area contributed by atoms with Gasteiger partial charge in [0.2, 0.25) is 0 Å². The molecular weight excluding hydrogens is 217 g/mol. The van der Waals surface area contributed by atoms with Gasteiger partial charge in [-0.15, -0.1) is 11.6 Å². The zero-order chi connectivity index (χ0) is 10.4. The van der Waals surface area contributed by atoms with Crippen molar-refractivity contribution in [3.63, 3.8) is 0 Å². The SMILES string of the molecule is CC(=CCl)CNCC1CCCCC1Cl. The first-order valence-corrected chi connectivity index (χ1v) is 6.22. The van der Waals surface area contributed by atoms with Gasteiger partial charge in [0.25, 0.3) is 0 Å². The van der Waals surface area contributed by atoms with E-state index in [0.29, 0.717) is 11.3 Å². The third kappa shape index (κ3) is 4.20. The molecule has 0 radical (unpaired) electrons. The largest absolute Gasteiger partial charge is 0.313 e. The molecule has 82 valence electrons. The molecule has 2 unspecified atom stereocenters. The molecule has 1 aliphatic carbocycles. The molecule has 0 saturated heterocycles. The molecule has 0 spiro atoms. The molecule has 1 nitrogen and oxygen atoms in total. The molecule has 1 aliphatic rings. The van der Waals surface area contributed by atoms with Gasteiger partial charge in [0, 0.05) is 17.5 Å². The topological polar surface area (TPSA) is 12.0 Å². The van der Waals surface area contributed by atoms with Crippen molar-refractivity contribution in [1.82, 2.24) is 5.32 Å². The summed E-state index contributed by atoms with van der Waals surface area (Å²) in [5, 5.41) is 3.77. The van der Waals surface area contributed by atoms with Gasteiger partial charge in [-0.1, -0.05) is 24.4 Å². The Morgan fingerprint density at radius 1 is 1.43 bits per heavy atom. The van der Waals surface area contributed by atoms with Gasteiger partial charge in [0.05, 0.1) is 0 Å². The summed E-state index contributed by atoms with van der Waals surface area (Å²) < 4.78 is 0. The van der Waals surface area contributed by atoms with Crippen LogP contribution in [0.3, 0.4) is 0 Å². The number of nitrogens with one attached hydrogen (secondary N) is 1. The lowest BCUT2D eigenvalue weighted by molar-refractivity contribution is 0.352. The van der Waals surface area contributed by atoms with Crippen LogP contribution in [0.25, 0.3) is 0 Å². The summed E-state index contributed by atoms with van der Waals surface area (Å²) in [7, 11) is 0. The van der Waals surface area contributed by atoms with Crippen LogP contribution in [0.5, 0.6) is 0 Å². The molecule has 1 fully saturated rings. The average molecular weight is 236 g/mol. The monoisotopic (exact) mass is 235 g/mol. The van der Waals surface area contributed by atoms with Gasteiger partial charge in [-0.2, -0.15) is 0 Å². The van der Waals surface area contributed by atoms with Crippen molar-refractivity contribution in [1.29, 1.82) is 0 Å². The molecule has 14 heavy (non-hydrogen) atoms. The summed E-state index contributed by atoms with van der Waals surface area (Å²) in [6.45, 7) is 3.93. The van der Waals surface area contributed by atoms with Crippen LogP contribution in [-0.4, -0.2) is 18.5 Å². The van der Waals surface area contributed by atoms with E-state index in [0.717, 1.165) is 13.1 Å². The van der Waals surface area contributed by atoms with Gasteiger partial charge >= 0.3 is 0 Å². The molecule has 1 N–H and O–H groups in total. The minimum Gasteiger partial charge on any atom is -0.313 e. The number of hydrogen-bond acceptors (Lipinski definition) is 1.